The summed E-state index contributed by atoms with van der Waals surface area (Å²) in [6, 6.07) is 7.53. The number of fused-ring (bicyclic) bond motifs is 1. The topological polar surface area (TPSA) is 40.5 Å². The zero-order chi connectivity index (χ0) is 8.55. The summed E-state index contributed by atoms with van der Waals surface area (Å²) in [4.78, 5) is 0. The van der Waals surface area contributed by atoms with Crippen molar-refractivity contribution in [1.29, 1.82) is 0 Å². The molecule has 2 rings (SSSR count). The molecule has 12 heavy (non-hydrogen) atoms. The Labute approximate surface area is 70.6 Å². The van der Waals surface area contributed by atoms with Crippen LogP contribution in [-0.4, -0.2) is 17.2 Å². The van der Waals surface area contributed by atoms with Crippen molar-refractivity contribution in [3.05, 3.63) is 41.1 Å². The normalized spacial score (nSPS) is 12.7. The molecule has 0 aromatic heterocycles. The van der Waals surface area contributed by atoms with Gasteiger partial charge in [0.05, 0.1) is 0 Å². The smallest absolute Gasteiger partial charge is 0.423 e. The van der Waals surface area contributed by atoms with Gasteiger partial charge in [-0.25, -0.2) is 0 Å². The number of hydrogen-bond acceptors (Lipinski definition) is 2. The van der Waals surface area contributed by atoms with Gasteiger partial charge in [-0.05, 0) is 17.2 Å². The Hall–Kier alpha value is -1.28. The first-order valence-electron chi connectivity index (χ1n) is 3.71. The van der Waals surface area contributed by atoms with Crippen LogP contribution in [0.4, 0.5) is 0 Å². The second-order valence-corrected chi connectivity index (χ2v) is 2.66. The Morgan fingerprint density at radius 1 is 1.17 bits per heavy atom. The predicted octanol–water partition coefficient (Wildman–Crippen LogP) is 0.708. The van der Waals surface area contributed by atoms with Crippen molar-refractivity contribution in [2.24, 2.45) is 0 Å². The highest BCUT2D eigenvalue weighted by Crippen LogP contribution is 2.25. The van der Waals surface area contributed by atoms with Crippen molar-refractivity contribution in [2.75, 3.05) is 0 Å². The SMILES string of the molecule is OB(O)C1=C=Cc2ccccc21. The second kappa shape index (κ2) is 2.65. The third-order valence-corrected chi connectivity index (χ3v) is 1.89. The molecule has 0 spiro atoms. The lowest BCUT2D eigenvalue weighted by molar-refractivity contribution is 0.427. The fraction of sp³-hybridized carbons (Fsp3) is 0. The van der Waals surface area contributed by atoms with Gasteiger partial charge in [-0.2, -0.15) is 0 Å². The summed E-state index contributed by atoms with van der Waals surface area (Å²) in [5, 5.41) is 17.9. The first kappa shape index (κ1) is 7.38. The zero-order valence-corrected chi connectivity index (χ0v) is 6.36. The van der Waals surface area contributed by atoms with Gasteiger partial charge in [0.15, 0.2) is 0 Å². The van der Waals surface area contributed by atoms with Crippen LogP contribution in [0.25, 0.3) is 11.5 Å². The van der Waals surface area contributed by atoms with Crippen molar-refractivity contribution >= 4 is 18.7 Å². The Morgan fingerprint density at radius 2 is 1.92 bits per heavy atom. The van der Waals surface area contributed by atoms with Gasteiger partial charge in [0.2, 0.25) is 0 Å². The van der Waals surface area contributed by atoms with E-state index in [0.29, 0.717) is 5.47 Å². The van der Waals surface area contributed by atoms with Crippen LogP contribution in [0.5, 0.6) is 0 Å². The largest absolute Gasteiger partial charge is 0.497 e. The van der Waals surface area contributed by atoms with Gasteiger partial charge in [0.25, 0.3) is 0 Å². The molecule has 2 nitrogen and oxygen atoms in total. The van der Waals surface area contributed by atoms with Gasteiger partial charge in [-0.15, -0.1) is 5.73 Å². The Bertz CT molecular complexity index is 376. The molecular formula is C9H7BO2. The summed E-state index contributed by atoms with van der Waals surface area (Å²) in [5.74, 6) is 0. The van der Waals surface area contributed by atoms with E-state index in [2.05, 4.69) is 5.73 Å². The van der Waals surface area contributed by atoms with E-state index in [4.69, 9.17) is 10.0 Å². The van der Waals surface area contributed by atoms with E-state index in [1.54, 1.807) is 6.08 Å². The van der Waals surface area contributed by atoms with Crippen LogP contribution in [0.15, 0.2) is 30.0 Å². The first-order chi connectivity index (χ1) is 5.79. The van der Waals surface area contributed by atoms with E-state index < -0.39 is 7.12 Å². The number of benzene rings is 1. The molecule has 0 heterocycles. The molecule has 1 aromatic carbocycles. The van der Waals surface area contributed by atoms with Crippen molar-refractivity contribution in [1.82, 2.24) is 0 Å². The first-order valence-corrected chi connectivity index (χ1v) is 3.71. The molecule has 58 valence electrons. The molecule has 0 fully saturated rings. The minimum absolute atomic E-state index is 0.450. The van der Waals surface area contributed by atoms with Gasteiger partial charge >= 0.3 is 7.12 Å². The molecule has 0 amide bonds. The van der Waals surface area contributed by atoms with Gasteiger partial charge in [-0.1, -0.05) is 24.3 Å². The lowest BCUT2D eigenvalue weighted by atomic mass is 9.76. The molecule has 1 aromatic rings. The Balaban J connectivity index is 2.52. The summed E-state index contributed by atoms with van der Waals surface area (Å²) in [7, 11) is -1.43. The standard InChI is InChI=1S/C9H7BO2/c11-10(12)9-6-5-7-3-1-2-4-8(7)9/h1-5,11-12H. The minimum atomic E-state index is -1.43. The van der Waals surface area contributed by atoms with E-state index in [1.807, 2.05) is 24.3 Å². The molecule has 3 heteroatoms. The molecule has 0 saturated heterocycles. The quantitative estimate of drug-likeness (QED) is 0.466. The van der Waals surface area contributed by atoms with Crippen LogP contribution in [0.1, 0.15) is 11.1 Å². The van der Waals surface area contributed by atoms with Crippen LogP contribution >= 0.6 is 0 Å². The van der Waals surface area contributed by atoms with E-state index in [-0.39, 0.29) is 0 Å². The summed E-state index contributed by atoms with van der Waals surface area (Å²) in [6.45, 7) is 0. The number of hydrogen-bond donors (Lipinski definition) is 2. The second-order valence-electron chi connectivity index (χ2n) is 2.66. The van der Waals surface area contributed by atoms with Crippen LogP contribution in [0.3, 0.4) is 0 Å². The maximum absolute atomic E-state index is 8.93. The van der Waals surface area contributed by atoms with Crippen molar-refractivity contribution in [2.45, 2.75) is 0 Å². The molecule has 2 N–H and O–H groups in total. The van der Waals surface area contributed by atoms with Crippen LogP contribution < -0.4 is 0 Å². The number of rotatable bonds is 1. The van der Waals surface area contributed by atoms with Gasteiger partial charge < -0.3 is 10.0 Å². The molecule has 0 radical (unpaired) electrons. The Morgan fingerprint density at radius 3 is 2.67 bits per heavy atom. The minimum Gasteiger partial charge on any atom is -0.423 e. The van der Waals surface area contributed by atoms with E-state index in [1.165, 1.54) is 0 Å². The highest BCUT2D eigenvalue weighted by molar-refractivity contribution is 6.66. The maximum atomic E-state index is 8.93. The predicted molar refractivity (Wildman–Crippen MR) is 48.0 cm³/mol. The molecule has 0 atom stereocenters. The molecule has 1 aliphatic rings. The molecule has 0 aliphatic heterocycles. The fourth-order valence-electron chi connectivity index (χ4n) is 1.32. The van der Waals surface area contributed by atoms with E-state index in [9.17, 15) is 0 Å². The summed E-state index contributed by atoms with van der Waals surface area (Å²) < 4.78 is 0. The van der Waals surface area contributed by atoms with E-state index >= 15 is 0 Å². The molecule has 0 bridgehead atoms. The third kappa shape index (κ3) is 1.01. The molecule has 0 unspecified atom stereocenters. The van der Waals surface area contributed by atoms with Gasteiger partial charge in [0, 0.05) is 5.47 Å². The van der Waals surface area contributed by atoms with Crippen LogP contribution in [-0.2, 0) is 0 Å². The summed E-state index contributed by atoms with van der Waals surface area (Å²) in [5.41, 5.74) is 5.10. The molecule has 1 aliphatic carbocycles. The summed E-state index contributed by atoms with van der Waals surface area (Å²) >= 11 is 0. The lowest BCUT2D eigenvalue weighted by Crippen LogP contribution is -2.12. The fourth-order valence-corrected chi connectivity index (χ4v) is 1.32. The van der Waals surface area contributed by atoms with Crippen LogP contribution in [0, 0.1) is 0 Å². The zero-order valence-electron chi connectivity index (χ0n) is 6.36. The van der Waals surface area contributed by atoms with Crippen molar-refractivity contribution in [3.63, 3.8) is 0 Å². The monoisotopic (exact) mass is 158 g/mol. The lowest BCUT2D eigenvalue weighted by Gasteiger charge is -2.01. The highest BCUT2D eigenvalue weighted by Gasteiger charge is 2.20. The van der Waals surface area contributed by atoms with Crippen LogP contribution in [0.2, 0.25) is 0 Å². The molecular weight excluding hydrogens is 151 g/mol. The average Bonchev–Trinajstić information content (AvgIpc) is 2.47. The van der Waals surface area contributed by atoms with Crippen molar-refractivity contribution in [3.8, 4) is 0 Å². The third-order valence-electron chi connectivity index (χ3n) is 1.89. The Kier molecular flexibility index (Phi) is 1.63. The van der Waals surface area contributed by atoms with Gasteiger partial charge in [0.1, 0.15) is 0 Å². The average molecular weight is 158 g/mol. The molecule has 0 saturated carbocycles. The summed E-state index contributed by atoms with van der Waals surface area (Å²) in [6.07, 6.45) is 1.75. The van der Waals surface area contributed by atoms with Crippen molar-refractivity contribution < 1.29 is 10.0 Å². The maximum Gasteiger partial charge on any atom is 0.497 e. The highest BCUT2D eigenvalue weighted by atomic mass is 16.4. The van der Waals surface area contributed by atoms with E-state index in [0.717, 1.165) is 11.1 Å². The van der Waals surface area contributed by atoms with Gasteiger partial charge in [-0.3, -0.25) is 0 Å².